The molecular formula is C27H35N5O2. The molecule has 3 aromatic rings. The molecule has 0 unspecified atom stereocenters. The van der Waals surface area contributed by atoms with Crippen LogP contribution in [-0.4, -0.2) is 78.9 Å². The number of nitrogens with one attached hydrogen (secondary N) is 1. The predicted molar refractivity (Wildman–Crippen MR) is 136 cm³/mol. The maximum atomic E-state index is 13.2. The van der Waals surface area contributed by atoms with Crippen molar-refractivity contribution < 1.29 is 9.53 Å². The van der Waals surface area contributed by atoms with Crippen molar-refractivity contribution in [3.05, 3.63) is 65.9 Å². The Bertz CT molecular complexity index is 1080. The number of rotatable bonds is 9. The van der Waals surface area contributed by atoms with Crippen LogP contribution in [0.3, 0.4) is 0 Å². The first kappa shape index (κ1) is 24.0. The Morgan fingerprint density at radius 3 is 2.56 bits per heavy atom. The molecule has 0 spiro atoms. The molecule has 0 radical (unpaired) electrons. The lowest BCUT2D eigenvalue weighted by Gasteiger charge is -2.32. The number of benzene rings is 2. The molecular weight excluding hydrogens is 426 g/mol. The number of piperazine rings is 1. The largest absolute Gasteiger partial charge is 0.497 e. The topological polar surface area (TPSA) is 62.6 Å². The SMILES string of the molecule is COc1cccc(-c2nn(-c3ccc(C)cc3)cc2C(=O)NCCCCN2CCN(C)CC2)c1. The second-order valence-electron chi connectivity index (χ2n) is 9.01. The number of unbranched alkanes of at least 4 members (excludes halogenated alkanes) is 1. The summed E-state index contributed by atoms with van der Waals surface area (Å²) in [4.78, 5) is 18.1. The third-order valence-electron chi connectivity index (χ3n) is 6.38. The average molecular weight is 462 g/mol. The zero-order chi connectivity index (χ0) is 23.9. The molecule has 0 aliphatic carbocycles. The van der Waals surface area contributed by atoms with Crippen molar-refractivity contribution in [3.63, 3.8) is 0 Å². The van der Waals surface area contributed by atoms with Crippen LogP contribution < -0.4 is 10.1 Å². The summed E-state index contributed by atoms with van der Waals surface area (Å²) in [6, 6.07) is 15.8. The van der Waals surface area contributed by atoms with Gasteiger partial charge in [-0.2, -0.15) is 5.10 Å². The van der Waals surface area contributed by atoms with Gasteiger partial charge >= 0.3 is 0 Å². The summed E-state index contributed by atoms with van der Waals surface area (Å²) in [6.07, 6.45) is 3.85. The van der Waals surface area contributed by atoms with Crippen molar-refractivity contribution in [1.82, 2.24) is 24.9 Å². The van der Waals surface area contributed by atoms with Gasteiger partial charge in [-0.1, -0.05) is 29.8 Å². The van der Waals surface area contributed by atoms with E-state index in [-0.39, 0.29) is 5.91 Å². The monoisotopic (exact) mass is 461 g/mol. The minimum absolute atomic E-state index is 0.101. The molecule has 1 aromatic heterocycles. The number of carbonyl (C=O) groups is 1. The summed E-state index contributed by atoms with van der Waals surface area (Å²) in [5.74, 6) is 0.633. The zero-order valence-electron chi connectivity index (χ0n) is 20.5. The van der Waals surface area contributed by atoms with Crippen LogP contribution in [-0.2, 0) is 0 Å². The number of aryl methyl sites for hydroxylation is 1. The minimum Gasteiger partial charge on any atom is -0.497 e. The number of hydrogen-bond acceptors (Lipinski definition) is 5. The molecule has 0 saturated carbocycles. The van der Waals surface area contributed by atoms with Crippen LogP contribution in [0, 0.1) is 6.92 Å². The second-order valence-corrected chi connectivity index (χ2v) is 9.01. The van der Waals surface area contributed by atoms with E-state index >= 15 is 0 Å². The van der Waals surface area contributed by atoms with Gasteiger partial charge in [0.1, 0.15) is 11.4 Å². The highest BCUT2D eigenvalue weighted by molar-refractivity contribution is 6.00. The van der Waals surface area contributed by atoms with E-state index in [4.69, 9.17) is 9.84 Å². The maximum Gasteiger partial charge on any atom is 0.255 e. The van der Waals surface area contributed by atoms with Gasteiger partial charge in [-0.25, -0.2) is 4.68 Å². The van der Waals surface area contributed by atoms with Crippen LogP contribution in [0.5, 0.6) is 5.75 Å². The molecule has 1 saturated heterocycles. The Balaban J connectivity index is 1.44. The summed E-state index contributed by atoms with van der Waals surface area (Å²) in [5.41, 5.74) is 4.16. The lowest BCUT2D eigenvalue weighted by Crippen LogP contribution is -2.44. The van der Waals surface area contributed by atoms with Crippen LogP contribution in [0.4, 0.5) is 0 Å². The summed E-state index contributed by atoms with van der Waals surface area (Å²) in [6.45, 7) is 8.32. The number of methoxy groups -OCH3 is 1. The molecule has 2 aromatic carbocycles. The molecule has 1 N–H and O–H groups in total. The van der Waals surface area contributed by atoms with Crippen LogP contribution in [0.15, 0.2) is 54.7 Å². The number of likely N-dealkylation sites (N-methyl/N-ethyl adjacent to an activating group) is 1. The number of nitrogens with zero attached hydrogens (tertiary/aromatic N) is 4. The van der Waals surface area contributed by atoms with Crippen molar-refractivity contribution in [2.75, 3.05) is 53.4 Å². The van der Waals surface area contributed by atoms with Crippen molar-refractivity contribution in [1.29, 1.82) is 0 Å². The highest BCUT2D eigenvalue weighted by atomic mass is 16.5. The van der Waals surface area contributed by atoms with Crippen LogP contribution >= 0.6 is 0 Å². The third kappa shape index (κ3) is 6.04. The number of ether oxygens (including phenoxy) is 1. The fourth-order valence-corrected chi connectivity index (χ4v) is 4.18. The van der Waals surface area contributed by atoms with E-state index in [1.165, 1.54) is 5.56 Å². The van der Waals surface area contributed by atoms with E-state index in [1.807, 2.05) is 54.7 Å². The first-order chi connectivity index (χ1) is 16.5. The Kier molecular flexibility index (Phi) is 7.98. The number of amides is 1. The Morgan fingerprint density at radius 1 is 1.06 bits per heavy atom. The molecule has 7 heteroatoms. The molecule has 1 fully saturated rings. The third-order valence-corrected chi connectivity index (χ3v) is 6.38. The molecule has 0 bridgehead atoms. The normalized spacial score (nSPS) is 14.8. The van der Waals surface area contributed by atoms with Gasteiger partial charge in [0.25, 0.3) is 5.91 Å². The van der Waals surface area contributed by atoms with E-state index in [9.17, 15) is 4.79 Å². The highest BCUT2D eigenvalue weighted by Crippen LogP contribution is 2.27. The molecule has 2 heterocycles. The van der Waals surface area contributed by atoms with Gasteiger partial charge in [0.15, 0.2) is 0 Å². The Hall–Kier alpha value is -3.16. The Labute approximate surface area is 202 Å². The molecule has 180 valence electrons. The van der Waals surface area contributed by atoms with E-state index in [0.29, 0.717) is 17.8 Å². The van der Waals surface area contributed by atoms with Gasteiger partial charge in [0.2, 0.25) is 0 Å². The van der Waals surface area contributed by atoms with Crippen molar-refractivity contribution in [3.8, 4) is 22.7 Å². The van der Waals surface area contributed by atoms with Gasteiger partial charge in [-0.3, -0.25) is 4.79 Å². The highest BCUT2D eigenvalue weighted by Gasteiger charge is 2.19. The van der Waals surface area contributed by atoms with Crippen LogP contribution in [0.25, 0.3) is 16.9 Å². The van der Waals surface area contributed by atoms with Gasteiger partial charge in [-0.05, 0) is 57.6 Å². The Morgan fingerprint density at radius 2 is 1.82 bits per heavy atom. The van der Waals surface area contributed by atoms with Gasteiger partial charge < -0.3 is 19.9 Å². The van der Waals surface area contributed by atoms with Crippen molar-refractivity contribution >= 4 is 5.91 Å². The second kappa shape index (κ2) is 11.3. The van der Waals surface area contributed by atoms with Gasteiger partial charge in [0, 0.05) is 44.5 Å². The predicted octanol–water partition coefficient (Wildman–Crippen LogP) is 3.61. The molecule has 1 aliphatic rings. The van der Waals surface area contributed by atoms with Gasteiger partial charge in [0.05, 0.1) is 18.4 Å². The molecule has 0 atom stereocenters. The fourth-order valence-electron chi connectivity index (χ4n) is 4.18. The maximum absolute atomic E-state index is 13.2. The van der Waals surface area contributed by atoms with Crippen molar-refractivity contribution in [2.24, 2.45) is 0 Å². The summed E-state index contributed by atoms with van der Waals surface area (Å²) >= 11 is 0. The lowest BCUT2D eigenvalue weighted by molar-refractivity contribution is 0.0952. The summed E-state index contributed by atoms with van der Waals surface area (Å²) < 4.78 is 7.16. The number of carbonyl (C=O) groups excluding carboxylic acids is 1. The minimum atomic E-state index is -0.101. The molecule has 7 nitrogen and oxygen atoms in total. The van der Waals surface area contributed by atoms with E-state index in [2.05, 4.69) is 29.1 Å². The first-order valence-corrected chi connectivity index (χ1v) is 12.0. The average Bonchev–Trinajstić information content (AvgIpc) is 3.31. The first-order valence-electron chi connectivity index (χ1n) is 12.0. The van der Waals surface area contributed by atoms with E-state index in [0.717, 1.165) is 62.6 Å². The standard InChI is InChI=1S/C27H35N5O2/c1-21-9-11-23(12-10-21)32-20-25(26(29-32)22-7-6-8-24(19-22)34-3)27(33)28-13-4-5-14-31-17-15-30(2)16-18-31/h6-12,19-20H,4-5,13-18H2,1-3H3,(H,28,33). The van der Waals surface area contributed by atoms with Crippen LogP contribution in [0.2, 0.25) is 0 Å². The van der Waals surface area contributed by atoms with Crippen LogP contribution in [0.1, 0.15) is 28.8 Å². The molecule has 4 rings (SSSR count). The fraction of sp³-hybridized carbons (Fsp3) is 0.407. The zero-order valence-corrected chi connectivity index (χ0v) is 20.5. The van der Waals surface area contributed by atoms with E-state index < -0.39 is 0 Å². The number of aromatic nitrogens is 2. The molecule has 1 amide bonds. The molecule has 1 aliphatic heterocycles. The smallest absolute Gasteiger partial charge is 0.255 e. The molecule has 34 heavy (non-hydrogen) atoms. The summed E-state index contributed by atoms with van der Waals surface area (Å²) in [5, 5.41) is 7.88. The summed E-state index contributed by atoms with van der Waals surface area (Å²) in [7, 11) is 3.81. The van der Waals surface area contributed by atoms with Crippen molar-refractivity contribution in [2.45, 2.75) is 19.8 Å². The quantitative estimate of drug-likeness (QED) is 0.493. The van der Waals surface area contributed by atoms with Gasteiger partial charge in [-0.15, -0.1) is 0 Å². The number of hydrogen-bond donors (Lipinski definition) is 1. The lowest BCUT2D eigenvalue weighted by atomic mass is 10.1. The van der Waals surface area contributed by atoms with E-state index in [1.54, 1.807) is 11.8 Å².